The van der Waals surface area contributed by atoms with Crippen molar-refractivity contribution >= 4 is 53.1 Å². The van der Waals surface area contributed by atoms with Gasteiger partial charge in [0.2, 0.25) is 11.8 Å². The van der Waals surface area contributed by atoms with Gasteiger partial charge in [0.1, 0.15) is 11.3 Å². The number of benzene rings is 2. The molecular weight excluding hydrogens is 530 g/mol. The number of amides is 8. The second kappa shape index (κ2) is 9.29. The smallest absolute Gasteiger partial charge is 0.336 e. The number of fused-ring (bicyclic) bond motifs is 4. The number of barbiturate groups is 2. The molecule has 3 fully saturated rings. The highest BCUT2D eigenvalue weighted by Gasteiger charge is 2.63. The zero-order valence-corrected chi connectivity index (χ0v) is 22.7. The van der Waals surface area contributed by atoms with E-state index in [0.717, 1.165) is 26.8 Å². The first kappa shape index (κ1) is 26.2. The highest BCUT2D eigenvalue weighted by Crippen LogP contribution is 2.49. The maximum Gasteiger partial charge on any atom is 0.336 e. The number of rotatable bonds is 3. The predicted octanol–water partition coefficient (Wildman–Crippen LogP) is 1.92. The van der Waals surface area contributed by atoms with E-state index in [1.807, 2.05) is 11.0 Å². The molecule has 12 nitrogen and oxygen atoms in total. The lowest BCUT2D eigenvalue weighted by atomic mass is 9.68. The summed E-state index contributed by atoms with van der Waals surface area (Å²) in [4.78, 5) is 83.6. The molecule has 0 radical (unpaired) electrons. The average molecular weight is 558 g/mol. The van der Waals surface area contributed by atoms with E-state index in [4.69, 9.17) is 4.74 Å². The van der Waals surface area contributed by atoms with E-state index >= 15 is 0 Å². The number of para-hydroxylation sites is 2. The van der Waals surface area contributed by atoms with Gasteiger partial charge in [0, 0.05) is 26.3 Å². The molecular formula is C29H27N5O7. The Morgan fingerprint density at radius 1 is 0.951 bits per heavy atom. The first-order chi connectivity index (χ1) is 19.6. The van der Waals surface area contributed by atoms with Crippen LogP contribution in [-0.2, 0) is 25.6 Å². The molecule has 0 aromatic heterocycles. The lowest BCUT2D eigenvalue weighted by molar-refractivity contribution is -0.159. The lowest BCUT2D eigenvalue weighted by Gasteiger charge is -2.50. The van der Waals surface area contributed by atoms with Crippen LogP contribution in [0.3, 0.4) is 0 Å². The highest BCUT2D eigenvalue weighted by atomic mass is 16.5. The van der Waals surface area contributed by atoms with Crippen LogP contribution in [0.15, 0.2) is 48.0 Å². The summed E-state index contributed by atoms with van der Waals surface area (Å²) >= 11 is 0. The van der Waals surface area contributed by atoms with Gasteiger partial charge >= 0.3 is 12.1 Å². The number of nitrogens with one attached hydrogen (secondary N) is 1. The van der Waals surface area contributed by atoms with Gasteiger partial charge in [0.25, 0.3) is 11.8 Å². The van der Waals surface area contributed by atoms with Crippen molar-refractivity contribution in [2.45, 2.75) is 25.3 Å². The third-order valence-corrected chi connectivity index (χ3v) is 8.39. The number of carbonyl (C=O) groups is 6. The number of nitrogens with zero attached hydrogens (tertiary/aromatic N) is 4. The monoisotopic (exact) mass is 557 g/mol. The Kier molecular flexibility index (Phi) is 5.94. The zero-order chi connectivity index (χ0) is 29.2. The highest BCUT2D eigenvalue weighted by molar-refractivity contribution is 6.39. The summed E-state index contributed by atoms with van der Waals surface area (Å²) in [5, 5.41) is 2.21. The SMILES string of the molecule is COc1ccccc1N1C(=O)NC(=O)/C(=C/c2ccc3c(c2)CC2(C(=O)N(C)C(=O)N(C)C2=O)C2CCCN32)C1=O. The molecule has 41 heavy (non-hydrogen) atoms. The summed E-state index contributed by atoms with van der Waals surface area (Å²) in [6, 6.07) is 9.81. The fraction of sp³-hybridized carbons (Fsp3) is 0.310. The van der Waals surface area contributed by atoms with Gasteiger partial charge in [-0.15, -0.1) is 0 Å². The van der Waals surface area contributed by atoms with Crippen LogP contribution < -0.4 is 19.9 Å². The molecule has 210 valence electrons. The number of hydrogen-bond acceptors (Lipinski definition) is 8. The van der Waals surface area contributed by atoms with Crippen LogP contribution in [0.2, 0.25) is 0 Å². The largest absolute Gasteiger partial charge is 0.495 e. The maximum absolute atomic E-state index is 13.6. The van der Waals surface area contributed by atoms with Crippen LogP contribution in [0.1, 0.15) is 24.0 Å². The zero-order valence-electron chi connectivity index (χ0n) is 22.7. The molecule has 2 aromatic carbocycles. The summed E-state index contributed by atoms with van der Waals surface area (Å²) in [5.41, 5.74) is 0.441. The van der Waals surface area contributed by atoms with Gasteiger partial charge in [-0.2, -0.15) is 0 Å². The molecule has 6 rings (SSSR count). The fourth-order valence-corrected chi connectivity index (χ4v) is 6.49. The minimum atomic E-state index is -1.47. The quantitative estimate of drug-likeness (QED) is 0.344. The van der Waals surface area contributed by atoms with E-state index in [2.05, 4.69) is 5.32 Å². The van der Waals surface area contributed by atoms with E-state index < -0.39 is 47.1 Å². The van der Waals surface area contributed by atoms with Crippen molar-refractivity contribution in [1.82, 2.24) is 15.1 Å². The number of ether oxygens (including phenoxy) is 1. The van der Waals surface area contributed by atoms with E-state index in [1.54, 1.807) is 30.3 Å². The Hall–Kier alpha value is -5.00. The van der Waals surface area contributed by atoms with Crippen molar-refractivity contribution in [1.29, 1.82) is 0 Å². The molecule has 12 heteroatoms. The molecule has 1 N–H and O–H groups in total. The Labute approximate surface area is 235 Å². The number of hydrogen-bond donors (Lipinski definition) is 1. The first-order valence-electron chi connectivity index (χ1n) is 13.1. The van der Waals surface area contributed by atoms with Gasteiger partial charge in [0.05, 0.1) is 18.8 Å². The molecule has 4 aliphatic rings. The van der Waals surface area contributed by atoms with Crippen LogP contribution in [0.5, 0.6) is 5.75 Å². The number of anilines is 2. The summed E-state index contributed by atoms with van der Waals surface area (Å²) in [6.45, 7) is 0.638. The van der Waals surface area contributed by atoms with E-state index in [9.17, 15) is 28.8 Å². The molecule has 1 unspecified atom stereocenters. The summed E-state index contributed by atoms with van der Waals surface area (Å²) in [5.74, 6) is -2.47. The van der Waals surface area contributed by atoms with E-state index in [-0.39, 0.29) is 23.4 Å². The van der Waals surface area contributed by atoms with Crippen molar-refractivity contribution in [3.8, 4) is 5.75 Å². The van der Waals surface area contributed by atoms with Crippen molar-refractivity contribution < 1.29 is 33.5 Å². The van der Waals surface area contributed by atoms with Gasteiger partial charge in [-0.1, -0.05) is 18.2 Å². The lowest BCUT2D eigenvalue weighted by Crippen LogP contribution is -2.70. The Morgan fingerprint density at radius 2 is 1.66 bits per heavy atom. The van der Waals surface area contributed by atoms with Crippen LogP contribution >= 0.6 is 0 Å². The second-order valence-electron chi connectivity index (χ2n) is 10.5. The Morgan fingerprint density at radius 3 is 2.37 bits per heavy atom. The molecule has 3 saturated heterocycles. The van der Waals surface area contributed by atoms with Crippen LogP contribution in [0.4, 0.5) is 21.0 Å². The molecule has 1 atom stereocenters. The summed E-state index contributed by atoms with van der Waals surface area (Å²) in [6.07, 6.45) is 2.84. The minimum Gasteiger partial charge on any atom is -0.495 e. The third kappa shape index (κ3) is 3.66. The number of urea groups is 2. The maximum atomic E-state index is 13.6. The van der Waals surface area contributed by atoms with Gasteiger partial charge in [-0.05, 0) is 60.7 Å². The predicted molar refractivity (Wildman–Crippen MR) is 146 cm³/mol. The van der Waals surface area contributed by atoms with Crippen molar-refractivity contribution in [2.24, 2.45) is 5.41 Å². The van der Waals surface area contributed by atoms with E-state index in [1.165, 1.54) is 33.3 Å². The molecule has 0 aliphatic carbocycles. The molecule has 8 amide bonds. The van der Waals surface area contributed by atoms with Crippen LogP contribution in [0.25, 0.3) is 6.08 Å². The molecule has 2 aromatic rings. The number of imide groups is 4. The van der Waals surface area contributed by atoms with Crippen molar-refractivity contribution in [3.63, 3.8) is 0 Å². The first-order valence-corrected chi connectivity index (χ1v) is 13.1. The molecule has 4 heterocycles. The van der Waals surface area contributed by atoms with Crippen molar-refractivity contribution in [3.05, 3.63) is 59.2 Å². The second-order valence-corrected chi connectivity index (χ2v) is 10.5. The van der Waals surface area contributed by atoms with Gasteiger partial charge in [0.15, 0.2) is 5.41 Å². The normalized spacial score (nSPS) is 22.9. The van der Waals surface area contributed by atoms with Crippen molar-refractivity contribution in [2.75, 3.05) is 37.5 Å². The number of carbonyl (C=O) groups excluding carboxylic acids is 6. The standard InChI is InChI=1S/C29H27N5O7/c1-31-25(37)29(26(38)32(2)28(31)40)15-17-13-16(10-11-19(17)33-12-6-9-22(29)33)14-18-23(35)30-27(39)34(24(18)36)20-7-4-5-8-21(20)41-3/h4-5,7-8,10-11,13-14,22H,6,9,12,15H2,1-3H3,(H,30,35,39)/b18-14-. The van der Waals surface area contributed by atoms with Crippen LogP contribution in [-0.4, -0.2) is 79.3 Å². The topological polar surface area (TPSA) is 137 Å². The van der Waals surface area contributed by atoms with E-state index in [0.29, 0.717) is 24.1 Å². The summed E-state index contributed by atoms with van der Waals surface area (Å²) in [7, 11) is 4.17. The molecule has 0 bridgehead atoms. The number of methoxy groups -OCH3 is 1. The summed E-state index contributed by atoms with van der Waals surface area (Å²) < 4.78 is 5.30. The van der Waals surface area contributed by atoms with Crippen LogP contribution in [0, 0.1) is 5.41 Å². The Balaban J connectivity index is 1.41. The molecule has 4 aliphatic heterocycles. The van der Waals surface area contributed by atoms with Gasteiger partial charge < -0.3 is 9.64 Å². The Bertz CT molecular complexity index is 1570. The average Bonchev–Trinajstić information content (AvgIpc) is 3.47. The van der Waals surface area contributed by atoms with Gasteiger partial charge in [-0.25, -0.2) is 14.5 Å². The minimum absolute atomic E-state index is 0.0616. The van der Waals surface area contributed by atoms with Gasteiger partial charge in [-0.3, -0.25) is 34.3 Å². The third-order valence-electron chi connectivity index (χ3n) is 8.39. The molecule has 0 saturated carbocycles. The molecule has 1 spiro atoms. The fourth-order valence-electron chi connectivity index (χ4n) is 6.49.